The molecule has 0 amide bonds. The molecule has 0 aliphatic carbocycles. The molecule has 1 fully saturated rings. The van der Waals surface area contributed by atoms with E-state index in [1.807, 2.05) is 36.4 Å². The van der Waals surface area contributed by atoms with Gasteiger partial charge in [-0.05, 0) is 18.6 Å². The topological polar surface area (TPSA) is 56.5 Å². The third kappa shape index (κ3) is 2.35. The Morgan fingerprint density at radius 2 is 2.05 bits per heavy atom. The minimum Gasteiger partial charge on any atom is -0.394 e. The summed E-state index contributed by atoms with van der Waals surface area (Å²) in [5.74, 6) is 0. The zero-order chi connectivity index (χ0) is 14.8. The number of hydrogen-bond donors (Lipinski definition) is 1. The van der Waals surface area contributed by atoms with Crippen molar-refractivity contribution in [3.05, 3.63) is 42.0 Å². The molecule has 0 saturated carbocycles. The molecule has 1 aliphatic heterocycles. The Morgan fingerprint density at radius 1 is 1.29 bits per heavy atom. The van der Waals surface area contributed by atoms with E-state index in [1.54, 1.807) is 7.11 Å². The van der Waals surface area contributed by atoms with Crippen LogP contribution in [0.5, 0.6) is 0 Å². The molecule has 1 aliphatic rings. The van der Waals surface area contributed by atoms with Gasteiger partial charge >= 0.3 is 0 Å². The van der Waals surface area contributed by atoms with Crippen molar-refractivity contribution in [2.75, 3.05) is 25.2 Å². The zero-order valence-corrected chi connectivity index (χ0v) is 12.0. The van der Waals surface area contributed by atoms with Crippen LogP contribution in [0.2, 0.25) is 0 Å². The fraction of sp³-hybridized carbons (Fsp3) is 0.353. The quantitative estimate of drug-likeness (QED) is 0.938. The lowest BCUT2D eigenvalue weighted by atomic mass is 10.0. The van der Waals surface area contributed by atoms with Crippen LogP contribution in [0.3, 0.4) is 0 Å². The van der Waals surface area contributed by atoms with E-state index in [0.29, 0.717) is 5.56 Å². The smallest absolute Gasteiger partial charge is 0.0998 e. The molecule has 0 aromatic heterocycles. The van der Waals surface area contributed by atoms with Gasteiger partial charge < -0.3 is 14.7 Å². The van der Waals surface area contributed by atoms with E-state index >= 15 is 0 Å². The number of hydrogen-bond acceptors (Lipinski definition) is 4. The van der Waals surface area contributed by atoms with E-state index in [9.17, 15) is 10.4 Å². The van der Waals surface area contributed by atoms with Crippen molar-refractivity contribution in [3.63, 3.8) is 0 Å². The number of rotatable bonds is 3. The summed E-state index contributed by atoms with van der Waals surface area (Å²) in [6.45, 7) is 0.867. The summed E-state index contributed by atoms with van der Waals surface area (Å²) in [6, 6.07) is 14.0. The number of methoxy groups -OCH3 is 1. The molecule has 2 aromatic carbocycles. The Bertz CT molecular complexity index is 693. The summed E-state index contributed by atoms with van der Waals surface area (Å²) in [5, 5.41) is 20.9. The van der Waals surface area contributed by atoms with Gasteiger partial charge in [0.25, 0.3) is 0 Å². The van der Waals surface area contributed by atoms with E-state index in [-0.39, 0.29) is 18.8 Å². The maximum atomic E-state index is 9.63. The molecule has 1 saturated heterocycles. The first-order valence-corrected chi connectivity index (χ1v) is 7.10. The van der Waals surface area contributed by atoms with Crippen molar-refractivity contribution < 1.29 is 9.84 Å². The number of aliphatic hydroxyl groups is 1. The summed E-state index contributed by atoms with van der Waals surface area (Å²) in [4.78, 5) is 2.19. The predicted molar refractivity (Wildman–Crippen MR) is 82.3 cm³/mol. The van der Waals surface area contributed by atoms with Gasteiger partial charge in [0.15, 0.2) is 0 Å². The first-order valence-electron chi connectivity index (χ1n) is 7.10. The molecule has 0 spiro atoms. The van der Waals surface area contributed by atoms with Crippen LogP contribution >= 0.6 is 0 Å². The Morgan fingerprint density at radius 3 is 2.71 bits per heavy atom. The van der Waals surface area contributed by atoms with Crippen molar-refractivity contribution in [1.29, 1.82) is 5.26 Å². The lowest BCUT2D eigenvalue weighted by molar-refractivity contribution is 0.115. The number of ether oxygens (including phenoxy) is 1. The van der Waals surface area contributed by atoms with Crippen molar-refractivity contribution in [2.45, 2.75) is 18.6 Å². The van der Waals surface area contributed by atoms with Gasteiger partial charge in [-0.2, -0.15) is 5.26 Å². The fourth-order valence-corrected chi connectivity index (χ4v) is 3.14. The van der Waals surface area contributed by atoms with Crippen LogP contribution in [0.1, 0.15) is 12.0 Å². The molecule has 2 unspecified atom stereocenters. The second kappa shape index (κ2) is 5.72. The normalized spacial score (nSPS) is 21.7. The van der Waals surface area contributed by atoms with Crippen molar-refractivity contribution in [3.8, 4) is 6.07 Å². The van der Waals surface area contributed by atoms with Crippen LogP contribution in [-0.2, 0) is 4.74 Å². The summed E-state index contributed by atoms with van der Waals surface area (Å²) in [5.41, 5.74) is 1.74. The minimum absolute atomic E-state index is 0.0614. The molecule has 1 N–H and O–H groups in total. The number of aliphatic hydroxyl groups excluding tert-OH is 1. The molecule has 0 radical (unpaired) electrons. The number of nitrogens with zero attached hydrogens (tertiary/aromatic N) is 2. The third-order valence-electron chi connectivity index (χ3n) is 4.25. The number of anilines is 1. The molecule has 3 rings (SSSR count). The summed E-state index contributed by atoms with van der Waals surface area (Å²) >= 11 is 0. The predicted octanol–water partition coefficient (Wildman–Crippen LogP) is 2.30. The van der Waals surface area contributed by atoms with Gasteiger partial charge in [-0.3, -0.25) is 0 Å². The summed E-state index contributed by atoms with van der Waals surface area (Å²) < 4.78 is 5.45. The van der Waals surface area contributed by atoms with Crippen molar-refractivity contribution >= 4 is 16.5 Å². The molecule has 2 atom stereocenters. The zero-order valence-electron chi connectivity index (χ0n) is 12.0. The third-order valence-corrected chi connectivity index (χ3v) is 4.25. The number of fused-ring (bicyclic) bond motifs is 1. The second-order valence-electron chi connectivity index (χ2n) is 5.37. The van der Waals surface area contributed by atoms with Crippen LogP contribution in [0.4, 0.5) is 5.69 Å². The molecule has 2 aromatic rings. The van der Waals surface area contributed by atoms with E-state index < -0.39 is 0 Å². The molecule has 108 valence electrons. The van der Waals surface area contributed by atoms with Gasteiger partial charge in [0, 0.05) is 30.1 Å². The Labute approximate surface area is 124 Å². The summed E-state index contributed by atoms with van der Waals surface area (Å²) in [7, 11) is 1.71. The maximum absolute atomic E-state index is 9.63. The van der Waals surface area contributed by atoms with Crippen molar-refractivity contribution in [1.82, 2.24) is 0 Å². The van der Waals surface area contributed by atoms with E-state index in [2.05, 4.69) is 11.0 Å². The highest BCUT2D eigenvalue weighted by Gasteiger charge is 2.32. The van der Waals surface area contributed by atoms with Crippen LogP contribution < -0.4 is 4.90 Å². The van der Waals surface area contributed by atoms with Gasteiger partial charge in [-0.15, -0.1) is 0 Å². The number of nitriles is 1. The average molecular weight is 282 g/mol. The molecule has 21 heavy (non-hydrogen) atoms. The molecule has 0 bridgehead atoms. The molecule has 4 nitrogen and oxygen atoms in total. The largest absolute Gasteiger partial charge is 0.394 e. The van der Waals surface area contributed by atoms with E-state index in [4.69, 9.17) is 4.74 Å². The van der Waals surface area contributed by atoms with Crippen LogP contribution in [0, 0.1) is 11.3 Å². The minimum atomic E-state index is 0.0614. The first kappa shape index (κ1) is 13.9. The van der Waals surface area contributed by atoms with Crippen LogP contribution in [0.25, 0.3) is 10.8 Å². The lowest BCUT2D eigenvalue weighted by Crippen LogP contribution is -2.32. The standard InChI is InChI=1S/C17H18N2O2/c1-21-14-8-13(11-20)19(10-14)17-7-6-12(9-18)15-4-2-3-5-16(15)17/h2-7,13-14,20H,8,10-11H2,1H3. The van der Waals surface area contributed by atoms with Gasteiger partial charge in [-0.25, -0.2) is 0 Å². The highest BCUT2D eigenvalue weighted by Crippen LogP contribution is 2.34. The molecular weight excluding hydrogens is 264 g/mol. The number of benzene rings is 2. The van der Waals surface area contributed by atoms with Crippen LogP contribution in [0.15, 0.2) is 36.4 Å². The lowest BCUT2D eigenvalue weighted by Gasteiger charge is -2.26. The Balaban J connectivity index is 2.11. The Hall–Kier alpha value is -2.09. The van der Waals surface area contributed by atoms with Gasteiger partial charge in [0.1, 0.15) is 0 Å². The molecule has 4 heteroatoms. The monoisotopic (exact) mass is 282 g/mol. The molecular formula is C17H18N2O2. The first-order chi connectivity index (χ1) is 10.3. The van der Waals surface area contributed by atoms with Gasteiger partial charge in [-0.1, -0.05) is 24.3 Å². The van der Waals surface area contributed by atoms with Crippen LogP contribution in [-0.4, -0.2) is 37.5 Å². The van der Waals surface area contributed by atoms with Gasteiger partial charge in [0.05, 0.1) is 30.4 Å². The Kier molecular flexibility index (Phi) is 3.78. The fourth-order valence-electron chi connectivity index (χ4n) is 3.14. The average Bonchev–Trinajstić information content (AvgIpc) is 2.97. The highest BCUT2D eigenvalue weighted by molar-refractivity contribution is 5.98. The van der Waals surface area contributed by atoms with Gasteiger partial charge in [0.2, 0.25) is 0 Å². The maximum Gasteiger partial charge on any atom is 0.0998 e. The second-order valence-corrected chi connectivity index (χ2v) is 5.37. The SMILES string of the molecule is COC1CC(CO)N(c2ccc(C#N)c3ccccc23)C1. The molecule has 1 heterocycles. The van der Waals surface area contributed by atoms with Crippen molar-refractivity contribution in [2.24, 2.45) is 0 Å². The van der Waals surface area contributed by atoms with E-state index in [1.165, 1.54) is 0 Å². The van der Waals surface area contributed by atoms with E-state index in [0.717, 1.165) is 29.4 Å². The summed E-state index contributed by atoms with van der Waals surface area (Å²) in [6.07, 6.45) is 0.956. The highest BCUT2D eigenvalue weighted by atomic mass is 16.5.